The van der Waals surface area contributed by atoms with Gasteiger partial charge in [0.25, 0.3) is 0 Å². The van der Waals surface area contributed by atoms with Gasteiger partial charge in [0.15, 0.2) is 0 Å². The summed E-state index contributed by atoms with van der Waals surface area (Å²) in [5, 5.41) is 12.8. The molecule has 1 saturated heterocycles. The lowest BCUT2D eigenvalue weighted by molar-refractivity contribution is 0.130. The molecule has 0 saturated carbocycles. The topological polar surface area (TPSA) is 65.5 Å². The molecule has 5 nitrogen and oxygen atoms in total. The Labute approximate surface area is 117 Å². The van der Waals surface area contributed by atoms with Crippen LogP contribution in [0.25, 0.3) is 0 Å². The van der Waals surface area contributed by atoms with E-state index in [9.17, 15) is 9.90 Å². The van der Waals surface area contributed by atoms with Crippen LogP contribution < -0.4 is 5.32 Å². The SMILES string of the molecule is Cc1nccc(NC(=O)N2CCC(C(C)O)C2)c1Cl. The molecule has 0 aromatic carbocycles. The normalized spacial score (nSPS) is 20.4. The first-order valence-electron chi connectivity index (χ1n) is 6.34. The van der Waals surface area contributed by atoms with E-state index in [4.69, 9.17) is 11.6 Å². The summed E-state index contributed by atoms with van der Waals surface area (Å²) < 4.78 is 0. The first-order valence-corrected chi connectivity index (χ1v) is 6.72. The van der Waals surface area contributed by atoms with Crippen molar-refractivity contribution >= 4 is 23.3 Å². The van der Waals surface area contributed by atoms with Gasteiger partial charge >= 0.3 is 6.03 Å². The molecule has 1 aromatic heterocycles. The lowest BCUT2D eigenvalue weighted by Crippen LogP contribution is -2.34. The van der Waals surface area contributed by atoms with Gasteiger partial charge in [-0.05, 0) is 26.3 Å². The molecule has 0 spiro atoms. The molecule has 2 rings (SSSR count). The molecule has 2 atom stereocenters. The standard InChI is InChI=1S/C13H18ClN3O2/c1-8-12(14)11(3-5-15-8)16-13(19)17-6-4-10(7-17)9(2)18/h3,5,9-10,18H,4,6-7H2,1-2H3,(H,15,16,19). The van der Waals surface area contributed by atoms with E-state index in [1.807, 2.05) is 0 Å². The highest BCUT2D eigenvalue weighted by molar-refractivity contribution is 6.34. The van der Waals surface area contributed by atoms with Crippen LogP contribution in [0.5, 0.6) is 0 Å². The monoisotopic (exact) mass is 283 g/mol. The third-order valence-corrected chi connectivity index (χ3v) is 3.98. The van der Waals surface area contributed by atoms with E-state index in [0.29, 0.717) is 29.5 Å². The number of carbonyl (C=O) groups excluding carboxylic acids is 1. The van der Waals surface area contributed by atoms with Gasteiger partial charge in [0.2, 0.25) is 0 Å². The molecule has 104 valence electrons. The molecule has 1 aromatic rings. The summed E-state index contributed by atoms with van der Waals surface area (Å²) in [4.78, 5) is 17.8. The number of urea groups is 1. The van der Waals surface area contributed by atoms with E-state index in [1.54, 1.807) is 31.0 Å². The van der Waals surface area contributed by atoms with Gasteiger partial charge in [-0.25, -0.2) is 4.79 Å². The fourth-order valence-electron chi connectivity index (χ4n) is 2.20. The quantitative estimate of drug-likeness (QED) is 0.875. The number of aryl methyl sites for hydroxylation is 1. The van der Waals surface area contributed by atoms with Gasteiger partial charge in [-0.15, -0.1) is 0 Å². The minimum Gasteiger partial charge on any atom is -0.393 e. The number of aromatic nitrogens is 1. The van der Waals surface area contributed by atoms with E-state index >= 15 is 0 Å². The van der Waals surface area contributed by atoms with Crippen molar-refractivity contribution in [3.05, 3.63) is 23.0 Å². The number of pyridine rings is 1. The molecule has 0 aliphatic carbocycles. The number of hydrogen-bond donors (Lipinski definition) is 2. The van der Waals surface area contributed by atoms with Crippen molar-refractivity contribution in [3.8, 4) is 0 Å². The van der Waals surface area contributed by atoms with Crippen molar-refractivity contribution < 1.29 is 9.90 Å². The Morgan fingerprint density at radius 1 is 1.68 bits per heavy atom. The molecule has 2 unspecified atom stereocenters. The lowest BCUT2D eigenvalue weighted by Gasteiger charge is -2.19. The molecule has 1 fully saturated rings. The predicted octanol–water partition coefficient (Wildman–Crippen LogP) is 2.28. The summed E-state index contributed by atoms with van der Waals surface area (Å²) in [5.74, 6) is 0.153. The van der Waals surface area contributed by atoms with Crippen LogP contribution in [0.3, 0.4) is 0 Å². The molecule has 2 N–H and O–H groups in total. The summed E-state index contributed by atoms with van der Waals surface area (Å²) in [6.45, 7) is 4.78. The molecule has 2 heterocycles. The van der Waals surface area contributed by atoms with E-state index in [-0.39, 0.29) is 18.1 Å². The van der Waals surface area contributed by atoms with Gasteiger partial charge in [0.05, 0.1) is 22.5 Å². The molecule has 1 aliphatic rings. The van der Waals surface area contributed by atoms with Crippen LogP contribution in [0.4, 0.5) is 10.5 Å². The largest absolute Gasteiger partial charge is 0.393 e. The van der Waals surface area contributed by atoms with Gasteiger partial charge < -0.3 is 15.3 Å². The number of amides is 2. The maximum atomic E-state index is 12.1. The summed E-state index contributed by atoms with van der Waals surface area (Å²) in [5.41, 5.74) is 1.25. The summed E-state index contributed by atoms with van der Waals surface area (Å²) in [6.07, 6.45) is 2.05. The number of likely N-dealkylation sites (tertiary alicyclic amines) is 1. The maximum absolute atomic E-state index is 12.1. The van der Waals surface area contributed by atoms with Crippen LogP contribution in [0, 0.1) is 12.8 Å². The van der Waals surface area contributed by atoms with E-state index in [0.717, 1.165) is 6.42 Å². The van der Waals surface area contributed by atoms with E-state index in [2.05, 4.69) is 10.3 Å². The van der Waals surface area contributed by atoms with Crippen LogP contribution in [-0.4, -0.2) is 40.2 Å². The zero-order valence-corrected chi connectivity index (χ0v) is 11.8. The van der Waals surface area contributed by atoms with Gasteiger partial charge in [0.1, 0.15) is 0 Å². The number of nitrogens with zero attached hydrogens (tertiary/aromatic N) is 2. The predicted molar refractivity (Wildman–Crippen MR) is 74.4 cm³/mol. The molecule has 0 radical (unpaired) electrons. The average Bonchev–Trinajstić information content (AvgIpc) is 2.84. The fourth-order valence-corrected chi connectivity index (χ4v) is 2.36. The van der Waals surface area contributed by atoms with Crippen molar-refractivity contribution in [1.82, 2.24) is 9.88 Å². The Hall–Kier alpha value is -1.33. The number of aliphatic hydroxyl groups is 1. The highest BCUT2D eigenvalue weighted by Crippen LogP contribution is 2.25. The molecule has 0 bridgehead atoms. The molecular formula is C13H18ClN3O2. The van der Waals surface area contributed by atoms with Crippen molar-refractivity contribution in [2.75, 3.05) is 18.4 Å². The Kier molecular flexibility index (Phi) is 4.27. The second-order valence-corrected chi connectivity index (χ2v) is 5.30. The molecule has 2 amide bonds. The highest BCUT2D eigenvalue weighted by Gasteiger charge is 2.29. The average molecular weight is 284 g/mol. The minimum atomic E-state index is -0.385. The van der Waals surface area contributed by atoms with Gasteiger partial charge in [-0.1, -0.05) is 11.6 Å². The molecule has 6 heteroatoms. The highest BCUT2D eigenvalue weighted by atomic mass is 35.5. The zero-order valence-electron chi connectivity index (χ0n) is 11.1. The van der Waals surface area contributed by atoms with Crippen molar-refractivity contribution in [1.29, 1.82) is 0 Å². The number of nitrogens with one attached hydrogen (secondary N) is 1. The number of hydrogen-bond acceptors (Lipinski definition) is 3. The first-order chi connectivity index (χ1) is 8.99. The summed E-state index contributed by atoms with van der Waals surface area (Å²) in [6, 6.07) is 1.49. The number of aliphatic hydroxyl groups excluding tert-OH is 1. The number of anilines is 1. The summed E-state index contributed by atoms with van der Waals surface area (Å²) >= 11 is 6.09. The second-order valence-electron chi connectivity index (χ2n) is 4.92. The maximum Gasteiger partial charge on any atom is 0.321 e. The Balaban J connectivity index is 2.00. The third-order valence-electron chi connectivity index (χ3n) is 3.50. The molecule has 19 heavy (non-hydrogen) atoms. The van der Waals surface area contributed by atoms with Crippen molar-refractivity contribution in [3.63, 3.8) is 0 Å². The van der Waals surface area contributed by atoms with Crippen molar-refractivity contribution in [2.24, 2.45) is 5.92 Å². The van der Waals surface area contributed by atoms with Gasteiger partial charge in [0, 0.05) is 25.2 Å². The Bertz CT molecular complexity index is 479. The number of carbonyl (C=O) groups is 1. The fraction of sp³-hybridized carbons (Fsp3) is 0.538. The summed E-state index contributed by atoms with van der Waals surface area (Å²) in [7, 11) is 0. The second kappa shape index (κ2) is 5.75. The number of rotatable bonds is 2. The lowest BCUT2D eigenvalue weighted by atomic mass is 10.0. The molecule has 1 aliphatic heterocycles. The van der Waals surface area contributed by atoms with Crippen LogP contribution in [-0.2, 0) is 0 Å². The first kappa shape index (κ1) is 14.1. The Morgan fingerprint density at radius 2 is 2.42 bits per heavy atom. The zero-order chi connectivity index (χ0) is 14.0. The van der Waals surface area contributed by atoms with E-state index in [1.165, 1.54) is 0 Å². The van der Waals surface area contributed by atoms with E-state index < -0.39 is 0 Å². The van der Waals surface area contributed by atoms with Crippen LogP contribution in [0.2, 0.25) is 5.02 Å². The van der Waals surface area contributed by atoms with Gasteiger partial charge in [-0.2, -0.15) is 0 Å². The van der Waals surface area contributed by atoms with Crippen LogP contribution >= 0.6 is 11.6 Å². The van der Waals surface area contributed by atoms with Gasteiger partial charge in [-0.3, -0.25) is 4.98 Å². The Morgan fingerprint density at radius 3 is 3.05 bits per heavy atom. The van der Waals surface area contributed by atoms with Crippen molar-refractivity contribution in [2.45, 2.75) is 26.4 Å². The third kappa shape index (κ3) is 3.16. The van der Waals surface area contributed by atoms with Crippen LogP contribution in [0.15, 0.2) is 12.3 Å². The minimum absolute atomic E-state index is 0.153. The smallest absolute Gasteiger partial charge is 0.321 e. The number of halogens is 1. The molecular weight excluding hydrogens is 266 g/mol. The van der Waals surface area contributed by atoms with Crippen LogP contribution in [0.1, 0.15) is 19.0 Å².